The van der Waals surface area contributed by atoms with E-state index in [1.165, 1.54) is 22.3 Å². The molecule has 9 rings (SSSR count). The normalized spacial score (nSPS) is 13.2. The molecule has 4 heteroatoms. The maximum atomic E-state index is 6.79. The standard InChI is InChI=1S/C48H35N3O/c1-5-15-30(6-2)32-18-12-20-34(26-32)45-49-46(35-21-13-19-33(27-35)31-16-8-7-9-17-31)51-47(50-45)38-24-14-23-37-40-28-39-36-22-10-11-25-41(36)48(3,4)42(39)29-43(40)52-44(37)38/h5-29H,1-2H2,3-4H3/b30-15+. The highest BCUT2D eigenvalue weighted by atomic mass is 16.3. The van der Waals surface area contributed by atoms with Gasteiger partial charge in [-0.25, -0.2) is 15.0 Å². The lowest BCUT2D eigenvalue weighted by Gasteiger charge is -2.21. The molecular weight excluding hydrogens is 635 g/mol. The summed E-state index contributed by atoms with van der Waals surface area (Å²) in [5.41, 5.74) is 13.4. The SMILES string of the molecule is C=C/C=C(\C=C)c1cccc(-c2nc(-c3cccc(-c4ccccc4)c3)nc(-c3cccc4c3oc3cc5c(cc34)-c3ccccc3C5(C)C)n2)c1. The van der Waals surface area contributed by atoms with E-state index in [1.807, 2.05) is 36.4 Å². The van der Waals surface area contributed by atoms with Gasteiger partial charge in [-0.1, -0.05) is 148 Å². The minimum Gasteiger partial charge on any atom is -0.455 e. The van der Waals surface area contributed by atoms with Crippen LogP contribution >= 0.6 is 0 Å². The average Bonchev–Trinajstić information content (AvgIpc) is 3.67. The molecule has 0 N–H and O–H groups in total. The molecule has 2 aromatic heterocycles. The van der Waals surface area contributed by atoms with Crippen molar-refractivity contribution < 1.29 is 4.42 Å². The summed E-state index contributed by atoms with van der Waals surface area (Å²) in [6, 6.07) is 46.4. The predicted octanol–water partition coefficient (Wildman–Crippen LogP) is 12.5. The number of nitrogens with zero attached hydrogens (tertiary/aromatic N) is 3. The van der Waals surface area contributed by atoms with Crippen molar-refractivity contribution in [2.75, 3.05) is 0 Å². The quantitative estimate of drug-likeness (QED) is 0.159. The van der Waals surface area contributed by atoms with Crippen molar-refractivity contribution in [1.29, 1.82) is 0 Å². The number of para-hydroxylation sites is 1. The smallest absolute Gasteiger partial charge is 0.167 e. The number of benzene rings is 6. The third kappa shape index (κ3) is 5.11. The van der Waals surface area contributed by atoms with Gasteiger partial charge in [-0.3, -0.25) is 0 Å². The number of rotatable bonds is 7. The molecule has 0 fully saturated rings. The summed E-state index contributed by atoms with van der Waals surface area (Å²) < 4.78 is 6.79. The highest BCUT2D eigenvalue weighted by Gasteiger charge is 2.36. The maximum Gasteiger partial charge on any atom is 0.167 e. The summed E-state index contributed by atoms with van der Waals surface area (Å²) >= 11 is 0. The fourth-order valence-electron chi connectivity index (χ4n) is 7.64. The summed E-state index contributed by atoms with van der Waals surface area (Å²) in [4.78, 5) is 15.4. The van der Waals surface area contributed by atoms with Gasteiger partial charge in [-0.05, 0) is 74.8 Å². The van der Waals surface area contributed by atoms with Crippen molar-refractivity contribution in [2.45, 2.75) is 19.3 Å². The van der Waals surface area contributed by atoms with Crippen LogP contribution in [0.3, 0.4) is 0 Å². The molecule has 0 saturated carbocycles. The molecule has 6 aromatic carbocycles. The Kier molecular flexibility index (Phi) is 7.41. The number of furan rings is 1. The summed E-state index contributed by atoms with van der Waals surface area (Å²) in [6.45, 7) is 12.5. The molecule has 52 heavy (non-hydrogen) atoms. The van der Waals surface area contributed by atoms with Gasteiger partial charge >= 0.3 is 0 Å². The summed E-state index contributed by atoms with van der Waals surface area (Å²) in [5, 5.41) is 2.10. The van der Waals surface area contributed by atoms with Crippen molar-refractivity contribution in [3.8, 4) is 56.4 Å². The molecule has 0 amide bonds. The van der Waals surface area contributed by atoms with Crippen molar-refractivity contribution in [3.05, 3.63) is 182 Å². The van der Waals surface area contributed by atoms with Gasteiger partial charge < -0.3 is 4.42 Å². The van der Waals surface area contributed by atoms with Crippen LogP contribution in [0, 0.1) is 0 Å². The monoisotopic (exact) mass is 669 g/mol. The molecule has 0 aliphatic heterocycles. The van der Waals surface area contributed by atoms with Crippen LogP contribution < -0.4 is 0 Å². The summed E-state index contributed by atoms with van der Waals surface area (Å²) in [7, 11) is 0. The van der Waals surface area contributed by atoms with Gasteiger partial charge in [0.2, 0.25) is 0 Å². The Labute approximate surface area is 303 Å². The molecule has 0 saturated heterocycles. The van der Waals surface area contributed by atoms with E-state index in [4.69, 9.17) is 19.4 Å². The highest BCUT2D eigenvalue weighted by Crippen LogP contribution is 2.51. The Morgan fingerprint density at radius 3 is 2.00 bits per heavy atom. The second kappa shape index (κ2) is 12.3. The van der Waals surface area contributed by atoms with E-state index in [-0.39, 0.29) is 5.41 Å². The van der Waals surface area contributed by atoms with Gasteiger partial charge in [0.1, 0.15) is 11.2 Å². The third-order valence-electron chi connectivity index (χ3n) is 10.3. The second-order valence-electron chi connectivity index (χ2n) is 13.7. The first-order valence-electron chi connectivity index (χ1n) is 17.5. The van der Waals surface area contributed by atoms with E-state index in [2.05, 4.69) is 136 Å². The minimum atomic E-state index is -0.130. The highest BCUT2D eigenvalue weighted by molar-refractivity contribution is 6.11. The van der Waals surface area contributed by atoms with Gasteiger partial charge in [0, 0.05) is 27.3 Å². The lowest BCUT2D eigenvalue weighted by Crippen LogP contribution is -2.14. The third-order valence-corrected chi connectivity index (χ3v) is 10.3. The number of hydrogen-bond acceptors (Lipinski definition) is 4. The zero-order valence-corrected chi connectivity index (χ0v) is 29.1. The van der Waals surface area contributed by atoms with Crippen LogP contribution in [0.1, 0.15) is 30.5 Å². The fourth-order valence-corrected chi connectivity index (χ4v) is 7.64. The van der Waals surface area contributed by atoms with E-state index in [0.29, 0.717) is 17.5 Å². The van der Waals surface area contributed by atoms with E-state index in [0.717, 1.165) is 60.9 Å². The van der Waals surface area contributed by atoms with Gasteiger partial charge in [-0.15, -0.1) is 0 Å². The number of aromatic nitrogens is 3. The van der Waals surface area contributed by atoms with Crippen molar-refractivity contribution in [3.63, 3.8) is 0 Å². The molecule has 0 spiro atoms. The minimum absolute atomic E-state index is 0.130. The van der Waals surface area contributed by atoms with E-state index >= 15 is 0 Å². The van der Waals surface area contributed by atoms with Gasteiger partial charge in [0.15, 0.2) is 17.5 Å². The van der Waals surface area contributed by atoms with Crippen molar-refractivity contribution in [1.82, 2.24) is 15.0 Å². The molecule has 1 aliphatic carbocycles. The lowest BCUT2D eigenvalue weighted by molar-refractivity contribution is 0.647. The maximum absolute atomic E-state index is 6.79. The lowest BCUT2D eigenvalue weighted by atomic mass is 9.82. The molecule has 2 heterocycles. The van der Waals surface area contributed by atoms with Crippen LogP contribution in [-0.2, 0) is 5.41 Å². The van der Waals surface area contributed by atoms with Crippen molar-refractivity contribution >= 4 is 27.5 Å². The van der Waals surface area contributed by atoms with E-state index in [1.54, 1.807) is 6.08 Å². The Hall–Kier alpha value is -6.65. The first-order valence-corrected chi connectivity index (χ1v) is 17.5. The molecule has 1 aliphatic rings. The molecule has 0 radical (unpaired) electrons. The van der Waals surface area contributed by atoms with Crippen LogP contribution in [0.15, 0.2) is 169 Å². The zero-order valence-electron chi connectivity index (χ0n) is 29.1. The Morgan fingerprint density at radius 1 is 0.558 bits per heavy atom. The van der Waals surface area contributed by atoms with Crippen LogP contribution in [-0.4, -0.2) is 15.0 Å². The average molecular weight is 670 g/mol. The Bertz CT molecular complexity index is 2750. The molecular formula is C48H35N3O. The molecule has 4 nitrogen and oxygen atoms in total. The van der Waals surface area contributed by atoms with Crippen LogP contribution in [0.2, 0.25) is 0 Å². The topological polar surface area (TPSA) is 51.8 Å². The molecule has 0 bridgehead atoms. The molecule has 0 atom stereocenters. The Morgan fingerprint density at radius 2 is 1.21 bits per heavy atom. The van der Waals surface area contributed by atoms with E-state index < -0.39 is 0 Å². The summed E-state index contributed by atoms with van der Waals surface area (Å²) in [5.74, 6) is 1.70. The first-order chi connectivity index (χ1) is 25.4. The Balaban J connectivity index is 1.25. The van der Waals surface area contributed by atoms with E-state index in [9.17, 15) is 0 Å². The molecule has 8 aromatic rings. The number of hydrogen-bond donors (Lipinski definition) is 0. The summed E-state index contributed by atoms with van der Waals surface area (Å²) in [6.07, 6.45) is 5.55. The van der Waals surface area contributed by atoms with Crippen LogP contribution in [0.5, 0.6) is 0 Å². The van der Waals surface area contributed by atoms with Crippen LogP contribution in [0.4, 0.5) is 0 Å². The largest absolute Gasteiger partial charge is 0.455 e. The van der Waals surface area contributed by atoms with Crippen LogP contribution in [0.25, 0.3) is 83.9 Å². The van der Waals surface area contributed by atoms with Crippen molar-refractivity contribution in [2.24, 2.45) is 0 Å². The zero-order chi connectivity index (χ0) is 35.4. The molecule has 248 valence electrons. The number of fused-ring (bicyclic) bond motifs is 6. The second-order valence-corrected chi connectivity index (χ2v) is 13.7. The fraction of sp³-hybridized carbons (Fsp3) is 0.0625. The van der Waals surface area contributed by atoms with Gasteiger partial charge in [0.25, 0.3) is 0 Å². The van der Waals surface area contributed by atoms with Gasteiger partial charge in [0.05, 0.1) is 5.56 Å². The predicted molar refractivity (Wildman–Crippen MR) is 215 cm³/mol. The number of allylic oxidation sites excluding steroid dienone is 4. The molecule has 0 unspecified atom stereocenters. The first kappa shape index (κ1) is 31.3. The van der Waals surface area contributed by atoms with Gasteiger partial charge in [-0.2, -0.15) is 0 Å².